The van der Waals surface area contributed by atoms with E-state index in [1.165, 1.54) is 38.5 Å². The second-order valence-electron chi connectivity index (χ2n) is 4.80. The molecule has 1 fully saturated rings. The largest absolute Gasteiger partial charge is 0.314 e. The molecule has 0 bridgehead atoms. The van der Waals surface area contributed by atoms with E-state index in [4.69, 9.17) is 0 Å². The summed E-state index contributed by atoms with van der Waals surface area (Å²) >= 11 is 0. The summed E-state index contributed by atoms with van der Waals surface area (Å²) in [7, 11) is 0. The number of nitrogens with one attached hydrogen (secondary N) is 1. The number of hydrogen-bond acceptors (Lipinski definition) is 1. The summed E-state index contributed by atoms with van der Waals surface area (Å²) in [6.45, 7) is 8.04. The van der Waals surface area contributed by atoms with Gasteiger partial charge in [-0.05, 0) is 44.1 Å². The van der Waals surface area contributed by atoms with E-state index in [0.717, 1.165) is 24.4 Å². The third-order valence-corrected chi connectivity index (χ3v) is 3.79. The van der Waals surface area contributed by atoms with Crippen LogP contribution in [0, 0.1) is 11.8 Å². The van der Waals surface area contributed by atoms with Gasteiger partial charge < -0.3 is 5.32 Å². The average molecular weight is 197 g/mol. The van der Waals surface area contributed by atoms with Gasteiger partial charge in [-0.15, -0.1) is 0 Å². The van der Waals surface area contributed by atoms with Crippen LogP contribution in [-0.4, -0.2) is 12.6 Å². The fraction of sp³-hybridized carbons (Fsp3) is 1.00. The molecule has 84 valence electrons. The monoisotopic (exact) mass is 197 g/mol. The van der Waals surface area contributed by atoms with Gasteiger partial charge in [0, 0.05) is 6.04 Å². The van der Waals surface area contributed by atoms with Crippen LogP contribution in [0.1, 0.15) is 59.3 Å². The highest BCUT2D eigenvalue weighted by molar-refractivity contribution is 4.83. The van der Waals surface area contributed by atoms with Crippen molar-refractivity contribution >= 4 is 0 Å². The highest BCUT2D eigenvalue weighted by Gasteiger charge is 2.28. The molecular weight excluding hydrogens is 170 g/mol. The summed E-state index contributed by atoms with van der Waals surface area (Å²) in [5.74, 6) is 1.97. The highest BCUT2D eigenvalue weighted by Crippen LogP contribution is 2.33. The molecule has 3 unspecified atom stereocenters. The first kappa shape index (κ1) is 12.0. The Hall–Kier alpha value is -0.0400. The first-order valence-corrected chi connectivity index (χ1v) is 6.55. The molecule has 0 spiro atoms. The first-order chi connectivity index (χ1) is 6.81. The van der Waals surface area contributed by atoms with Crippen LogP contribution in [0.3, 0.4) is 0 Å². The minimum absolute atomic E-state index is 0.822. The van der Waals surface area contributed by atoms with Crippen molar-refractivity contribution < 1.29 is 0 Å². The van der Waals surface area contributed by atoms with E-state index in [0.29, 0.717) is 0 Å². The zero-order valence-electron chi connectivity index (χ0n) is 10.2. The van der Waals surface area contributed by atoms with Crippen molar-refractivity contribution in [3.63, 3.8) is 0 Å². The Morgan fingerprint density at radius 1 is 1.14 bits per heavy atom. The Balaban J connectivity index is 2.42. The van der Waals surface area contributed by atoms with E-state index < -0.39 is 0 Å². The third-order valence-electron chi connectivity index (χ3n) is 3.79. The average Bonchev–Trinajstić information content (AvgIpc) is 2.21. The molecule has 0 amide bonds. The van der Waals surface area contributed by atoms with Crippen molar-refractivity contribution in [3.8, 4) is 0 Å². The molecule has 0 radical (unpaired) electrons. The fourth-order valence-electron chi connectivity index (χ4n) is 2.95. The van der Waals surface area contributed by atoms with Crippen LogP contribution >= 0.6 is 0 Å². The summed E-state index contributed by atoms with van der Waals surface area (Å²) in [6, 6.07) is 0.822. The molecule has 1 heteroatoms. The predicted molar refractivity (Wildman–Crippen MR) is 63.5 cm³/mol. The van der Waals surface area contributed by atoms with Gasteiger partial charge in [-0.3, -0.25) is 0 Å². The molecule has 1 N–H and O–H groups in total. The summed E-state index contributed by atoms with van der Waals surface area (Å²) in [4.78, 5) is 0. The molecule has 0 aromatic rings. The van der Waals surface area contributed by atoms with Crippen molar-refractivity contribution in [2.45, 2.75) is 65.3 Å². The Labute approximate surface area is 89.7 Å². The molecule has 3 atom stereocenters. The SMILES string of the molecule is CCCC1CC(CC)CCC1NCC. The topological polar surface area (TPSA) is 12.0 Å². The first-order valence-electron chi connectivity index (χ1n) is 6.55. The van der Waals surface area contributed by atoms with Crippen molar-refractivity contribution in [1.29, 1.82) is 0 Å². The van der Waals surface area contributed by atoms with Gasteiger partial charge in [0.15, 0.2) is 0 Å². The normalized spacial score (nSPS) is 33.2. The lowest BCUT2D eigenvalue weighted by Crippen LogP contribution is -2.40. The van der Waals surface area contributed by atoms with E-state index in [1.807, 2.05) is 0 Å². The smallest absolute Gasteiger partial charge is 0.00954 e. The molecule has 1 aliphatic carbocycles. The number of hydrogen-bond donors (Lipinski definition) is 1. The van der Waals surface area contributed by atoms with Crippen LogP contribution in [0.5, 0.6) is 0 Å². The second-order valence-corrected chi connectivity index (χ2v) is 4.80. The second kappa shape index (κ2) is 6.44. The molecule has 0 heterocycles. The van der Waals surface area contributed by atoms with Crippen molar-refractivity contribution in [1.82, 2.24) is 5.32 Å². The van der Waals surface area contributed by atoms with Gasteiger partial charge in [0.1, 0.15) is 0 Å². The Kier molecular flexibility index (Phi) is 5.54. The zero-order chi connectivity index (χ0) is 10.4. The minimum atomic E-state index is 0.822. The lowest BCUT2D eigenvalue weighted by atomic mass is 9.75. The van der Waals surface area contributed by atoms with E-state index in [2.05, 4.69) is 26.1 Å². The van der Waals surface area contributed by atoms with Crippen molar-refractivity contribution in [2.24, 2.45) is 11.8 Å². The molecular formula is C13H27N. The Bertz CT molecular complexity index is 144. The van der Waals surface area contributed by atoms with Crippen LogP contribution in [0.4, 0.5) is 0 Å². The molecule has 14 heavy (non-hydrogen) atoms. The van der Waals surface area contributed by atoms with Gasteiger partial charge >= 0.3 is 0 Å². The van der Waals surface area contributed by atoms with Crippen LogP contribution in [0.15, 0.2) is 0 Å². The van der Waals surface area contributed by atoms with Crippen LogP contribution in [0.25, 0.3) is 0 Å². The van der Waals surface area contributed by atoms with E-state index in [1.54, 1.807) is 0 Å². The lowest BCUT2D eigenvalue weighted by Gasteiger charge is -2.36. The molecule has 0 aromatic carbocycles. The summed E-state index contributed by atoms with van der Waals surface area (Å²) in [5.41, 5.74) is 0. The maximum Gasteiger partial charge on any atom is 0.00954 e. The lowest BCUT2D eigenvalue weighted by molar-refractivity contribution is 0.190. The molecule has 1 saturated carbocycles. The van der Waals surface area contributed by atoms with Gasteiger partial charge in [-0.25, -0.2) is 0 Å². The highest BCUT2D eigenvalue weighted by atomic mass is 14.9. The molecule has 1 nitrogen and oxygen atoms in total. The van der Waals surface area contributed by atoms with Gasteiger partial charge in [-0.1, -0.05) is 33.6 Å². The molecule has 1 rings (SSSR count). The summed E-state index contributed by atoms with van der Waals surface area (Å²) < 4.78 is 0. The molecule has 0 aromatic heterocycles. The van der Waals surface area contributed by atoms with Gasteiger partial charge in [-0.2, -0.15) is 0 Å². The van der Waals surface area contributed by atoms with Crippen LogP contribution in [-0.2, 0) is 0 Å². The van der Waals surface area contributed by atoms with E-state index in [9.17, 15) is 0 Å². The van der Waals surface area contributed by atoms with E-state index in [-0.39, 0.29) is 0 Å². The van der Waals surface area contributed by atoms with Crippen molar-refractivity contribution in [2.75, 3.05) is 6.54 Å². The van der Waals surface area contributed by atoms with Crippen LogP contribution < -0.4 is 5.32 Å². The van der Waals surface area contributed by atoms with Crippen LogP contribution in [0.2, 0.25) is 0 Å². The minimum Gasteiger partial charge on any atom is -0.314 e. The quantitative estimate of drug-likeness (QED) is 0.710. The zero-order valence-corrected chi connectivity index (χ0v) is 10.2. The van der Waals surface area contributed by atoms with Gasteiger partial charge in [0.25, 0.3) is 0 Å². The Morgan fingerprint density at radius 3 is 2.50 bits per heavy atom. The Morgan fingerprint density at radius 2 is 1.93 bits per heavy atom. The van der Waals surface area contributed by atoms with Gasteiger partial charge in [0.05, 0.1) is 0 Å². The number of rotatable bonds is 5. The molecule has 0 saturated heterocycles. The third kappa shape index (κ3) is 3.27. The van der Waals surface area contributed by atoms with Crippen molar-refractivity contribution in [3.05, 3.63) is 0 Å². The summed E-state index contributed by atoms with van der Waals surface area (Å²) in [6.07, 6.45) is 8.50. The molecule has 0 aliphatic heterocycles. The predicted octanol–water partition coefficient (Wildman–Crippen LogP) is 3.59. The fourth-order valence-corrected chi connectivity index (χ4v) is 2.95. The summed E-state index contributed by atoms with van der Waals surface area (Å²) in [5, 5.41) is 3.66. The van der Waals surface area contributed by atoms with E-state index >= 15 is 0 Å². The standard InChI is InChI=1S/C13H27N/c1-4-7-12-10-11(5-2)8-9-13(12)14-6-3/h11-14H,4-10H2,1-3H3. The molecule has 1 aliphatic rings. The maximum atomic E-state index is 3.66. The maximum absolute atomic E-state index is 3.66. The van der Waals surface area contributed by atoms with Gasteiger partial charge in [0.2, 0.25) is 0 Å².